The molecule has 0 radical (unpaired) electrons. The van der Waals surface area contributed by atoms with Gasteiger partial charge in [-0.3, -0.25) is 20.2 Å². The second-order valence-corrected chi connectivity index (χ2v) is 6.38. The summed E-state index contributed by atoms with van der Waals surface area (Å²) in [6.45, 7) is 0. The average molecular weight is 364 g/mol. The summed E-state index contributed by atoms with van der Waals surface area (Å²) in [5.41, 5.74) is -0.755. The van der Waals surface area contributed by atoms with Gasteiger partial charge in [0.25, 0.3) is 11.4 Å². The molecule has 1 aromatic carbocycles. The van der Waals surface area contributed by atoms with Crippen LogP contribution >= 0.6 is 23.1 Å². The third-order valence-corrected chi connectivity index (χ3v) is 4.85. The van der Waals surface area contributed by atoms with Gasteiger partial charge in [-0.2, -0.15) is 0 Å². The minimum Gasteiger partial charge on any atom is -0.335 e. The molecular weight excluding hydrogens is 356 g/mol. The number of nitro groups is 2. The van der Waals surface area contributed by atoms with Gasteiger partial charge in [-0.05, 0) is 29.3 Å². The number of benzene rings is 1. The van der Waals surface area contributed by atoms with Gasteiger partial charge in [-0.15, -0.1) is 21.5 Å². The lowest BCUT2D eigenvalue weighted by molar-refractivity contribution is -0.396. The minimum atomic E-state index is -0.693. The first-order valence-corrected chi connectivity index (χ1v) is 8.02. The molecule has 2 N–H and O–H groups in total. The molecule has 0 spiro atoms. The number of nitro benzene ring substituents is 2. The Morgan fingerprint density at radius 2 is 1.96 bits per heavy atom. The number of thiophene rings is 1. The highest BCUT2D eigenvalue weighted by atomic mass is 32.2. The molecule has 0 aliphatic carbocycles. The molecule has 2 heterocycles. The third kappa shape index (κ3) is 2.91. The Balaban J connectivity index is 1.97. The van der Waals surface area contributed by atoms with Gasteiger partial charge in [0, 0.05) is 6.07 Å². The topological polar surface area (TPSA) is 143 Å². The Labute approximate surface area is 142 Å². The lowest BCUT2D eigenvalue weighted by Crippen LogP contribution is -2.11. The van der Waals surface area contributed by atoms with Crippen molar-refractivity contribution in [2.75, 3.05) is 5.84 Å². The molecule has 122 valence electrons. The van der Waals surface area contributed by atoms with Gasteiger partial charge >= 0.3 is 0 Å². The first-order valence-electron chi connectivity index (χ1n) is 6.32. The summed E-state index contributed by atoms with van der Waals surface area (Å²) < 4.78 is 1.22. The van der Waals surface area contributed by atoms with Gasteiger partial charge in [0.05, 0.1) is 25.7 Å². The van der Waals surface area contributed by atoms with Crippen molar-refractivity contribution in [1.29, 1.82) is 0 Å². The molecular formula is C12H8N6O4S2. The molecule has 0 saturated heterocycles. The molecule has 0 aliphatic rings. The first-order chi connectivity index (χ1) is 11.5. The molecule has 0 unspecified atom stereocenters. The van der Waals surface area contributed by atoms with E-state index in [-0.39, 0.29) is 15.7 Å². The van der Waals surface area contributed by atoms with E-state index in [2.05, 4.69) is 10.2 Å². The Hall–Kier alpha value is -2.99. The molecule has 12 heteroatoms. The van der Waals surface area contributed by atoms with Crippen LogP contribution in [0.2, 0.25) is 0 Å². The van der Waals surface area contributed by atoms with Crippen LogP contribution < -0.4 is 5.84 Å². The second kappa shape index (κ2) is 6.25. The quantitative estimate of drug-likeness (QED) is 0.413. The predicted molar refractivity (Wildman–Crippen MR) is 87.4 cm³/mol. The molecule has 0 atom stereocenters. The molecule has 0 bridgehead atoms. The monoisotopic (exact) mass is 364 g/mol. The third-order valence-electron chi connectivity index (χ3n) is 2.96. The predicted octanol–water partition coefficient (Wildman–Crippen LogP) is 2.69. The molecule has 3 aromatic rings. The highest BCUT2D eigenvalue weighted by Crippen LogP contribution is 2.36. The summed E-state index contributed by atoms with van der Waals surface area (Å²) in [5.74, 6) is 6.37. The van der Waals surface area contributed by atoms with Crippen LogP contribution in [0.15, 0.2) is 45.8 Å². The van der Waals surface area contributed by atoms with E-state index in [1.807, 2.05) is 17.5 Å². The second-order valence-electron chi connectivity index (χ2n) is 4.42. The van der Waals surface area contributed by atoms with Crippen molar-refractivity contribution >= 4 is 34.5 Å². The Bertz CT molecular complexity index is 924. The van der Waals surface area contributed by atoms with Crippen molar-refractivity contribution in [3.05, 3.63) is 55.9 Å². The largest absolute Gasteiger partial charge is 0.335 e. The van der Waals surface area contributed by atoms with E-state index in [1.165, 1.54) is 28.1 Å². The van der Waals surface area contributed by atoms with E-state index in [4.69, 9.17) is 5.84 Å². The van der Waals surface area contributed by atoms with E-state index in [1.54, 1.807) is 0 Å². The summed E-state index contributed by atoms with van der Waals surface area (Å²) >= 11 is 2.34. The van der Waals surface area contributed by atoms with Crippen molar-refractivity contribution in [3.8, 4) is 10.7 Å². The van der Waals surface area contributed by atoms with Crippen molar-refractivity contribution in [2.45, 2.75) is 10.1 Å². The number of hydrogen-bond acceptors (Lipinski definition) is 9. The van der Waals surface area contributed by atoms with E-state index in [0.717, 1.165) is 22.7 Å². The first kappa shape index (κ1) is 15.9. The normalized spacial score (nSPS) is 10.7. The molecule has 3 rings (SSSR count). The Morgan fingerprint density at radius 1 is 1.17 bits per heavy atom. The van der Waals surface area contributed by atoms with Crippen LogP contribution in [0.1, 0.15) is 0 Å². The number of nitrogens with zero attached hydrogens (tertiary/aromatic N) is 5. The van der Waals surface area contributed by atoms with Crippen LogP contribution in [0.25, 0.3) is 10.7 Å². The number of aromatic nitrogens is 3. The van der Waals surface area contributed by atoms with Crippen molar-refractivity contribution < 1.29 is 9.85 Å². The summed E-state index contributed by atoms with van der Waals surface area (Å²) in [6, 6.07) is 7.04. The maximum Gasteiger partial charge on any atom is 0.290 e. The zero-order chi connectivity index (χ0) is 17.3. The Morgan fingerprint density at radius 3 is 2.58 bits per heavy atom. The van der Waals surface area contributed by atoms with E-state index >= 15 is 0 Å². The van der Waals surface area contributed by atoms with Crippen LogP contribution in [0.3, 0.4) is 0 Å². The average Bonchev–Trinajstić information content (AvgIpc) is 3.18. The molecule has 2 aromatic heterocycles. The van der Waals surface area contributed by atoms with E-state index < -0.39 is 15.5 Å². The molecule has 0 amide bonds. The summed E-state index contributed by atoms with van der Waals surface area (Å²) in [5, 5.41) is 31.9. The molecule has 0 saturated carbocycles. The highest BCUT2D eigenvalue weighted by molar-refractivity contribution is 7.99. The van der Waals surface area contributed by atoms with Crippen molar-refractivity contribution in [2.24, 2.45) is 0 Å². The lowest BCUT2D eigenvalue weighted by Gasteiger charge is -2.03. The van der Waals surface area contributed by atoms with E-state index in [9.17, 15) is 20.2 Å². The van der Waals surface area contributed by atoms with Crippen LogP contribution in [0, 0.1) is 20.2 Å². The standard InChI is InChI=1S/C12H8N6O4S2/c13-16-11(10-2-1-5-23-10)14-15-12(16)24-9-4-3-7(17(19)20)6-8(9)18(21)22/h1-6H,13H2. The summed E-state index contributed by atoms with van der Waals surface area (Å²) in [6.07, 6.45) is 0. The van der Waals surface area contributed by atoms with E-state index in [0.29, 0.717) is 5.82 Å². The van der Waals surface area contributed by atoms with Crippen LogP contribution in [-0.2, 0) is 0 Å². The van der Waals surface area contributed by atoms with Gasteiger partial charge < -0.3 is 5.84 Å². The molecule has 24 heavy (non-hydrogen) atoms. The maximum absolute atomic E-state index is 11.2. The highest BCUT2D eigenvalue weighted by Gasteiger charge is 2.22. The van der Waals surface area contributed by atoms with Crippen LogP contribution in [-0.4, -0.2) is 24.7 Å². The number of non-ortho nitro benzene ring substituents is 1. The van der Waals surface area contributed by atoms with Gasteiger partial charge in [0.2, 0.25) is 5.16 Å². The van der Waals surface area contributed by atoms with Gasteiger partial charge in [0.15, 0.2) is 5.82 Å². The maximum atomic E-state index is 11.2. The fourth-order valence-electron chi connectivity index (χ4n) is 1.87. The van der Waals surface area contributed by atoms with Crippen molar-refractivity contribution in [1.82, 2.24) is 14.9 Å². The van der Waals surface area contributed by atoms with Gasteiger partial charge in [-0.25, -0.2) is 4.68 Å². The summed E-state index contributed by atoms with van der Waals surface area (Å²) in [4.78, 5) is 21.5. The SMILES string of the molecule is Nn1c(Sc2ccc([N+](=O)[O-])cc2[N+](=O)[O-])nnc1-c1cccs1. The van der Waals surface area contributed by atoms with Crippen molar-refractivity contribution in [3.63, 3.8) is 0 Å². The zero-order valence-corrected chi connectivity index (χ0v) is 13.4. The van der Waals surface area contributed by atoms with Gasteiger partial charge in [0.1, 0.15) is 0 Å². The van der Waals surface area contributed by atoms with Gasteiger partial charge in [-0.1, -0.05) is 6.07 Å². The zero-order valence-electron chi connectivity index (χ0n) is 11.7. The Kier molecular flexibility index (Phi) is 4.14. The molecule has 0 aliphatic heterocycles. The fourth-order valence-corrected chi connectivity index (χ4v) is 3.41. The number of hydrogen-bond donors (Lipinski definition) is 1. The van der Waals surface area contributed by atoms with Crippen LogP contribution in [0.4, 0.5) is 11.4 Å². The summed E-state index contributed by atoms with van der Waals surface area (Å²) in [7, 11) is 0. The molecule has 10 nitrogen and oxygen atoms in total. The number of nitrogen functional groups attached to an aromatic ring is 1. The lowest BCUT2D eigenvalue weighted by atomic mass is 10.3. The number of nitrogens with two attached hydrogens (primary N) is 1. The molecule has 0 fully saturated rings. The minimum absolute atomic E-state index is 0.183. The number of rotatable bonds is 5. The fraction of sp³-hybridized carbons (Fsp3) is 0. The van der Waals surface area contributed by atoms with Crippen LogP contribution in [0.5, 0.6) is 0 Å². The smallest absolute Gasteiger partial charge is 0.290 e.